The van der Waals surface area contributed by atoms with Gasteiger partial charge in [0.2, 0.25) is 0 Å². The van der Waals surface area contributed by atoms with Crippen LogP contribution in [0.15, 0.2) is 18.2 Å². The van der Waals surface area contributed by atoms with Gasteiger partial charge in [-0.3, -0.25) is 4.90 Å². The van der Waals surface area contributed by atoms with E-state index in [-0.39, 0.29) is 61.3 Å². The zero-order valence-electron chi connectivity index (χ0n) is 23.7. The highest BCUT2D eigenvalue weighted by atomic mass is 32.1. The molecule has 8 rings (SSSR count). The lowest BCUT2D eigenvalue weighted by Gasteiger charge is -2.35. The van der Waals surface area contributed by atoms with Gasteiger partial charge in [0.25, 0.3) is 0 Å². The third kappa shape index (κ3) is 4.47. The molecule has 44 heavy (non-hydrogen) atoms. The van der Waals surface area contributed by atoms with E-state index in [1.807, 2.05) is 4.90 Å². The van der Waals surface area contributed by atoms with Gasteiger partial charge < -0.3 is 20.7 Å². The van der Waals surface area contributed by atoms with Crippen LogP contribution in [-0.2, 0) is 6.18 Å². The Morgan fingerprint density at radius 2 is 1.75 bits per heavy atom. The highest BCUT2D eigenvalue weighted by Gasteiger charge is 2.45. The standard InChI is InChI=1S/C30H30F5N7OS/c31-20-6-5-17(24-25(20)44-27(36)38-24)21-19(30(33,34)35)11-18-23(22(21)32)39-28(43-14-29-7-1-9-42(29)10-2-8-29)40-26(18)41-12-15-3-4-16(13-41)37-15/h5-6,11,15-16,37H,1-4,7-10,12-14H2,(H2,36,38)/t15-,16+. The Kier molecular flexibility index (Phi) is 6.44. The maximum atomic E-state index is 16.8. The van der Waals surface area contributed by atoms with Crippen molar-refractivity contribution in [3.8, 4) is 17.1 Å². The molecule has 6 heterocycles. The van der Waals surface area contributed by atoms with E-state index in [9.17, 15) is 17.6 Å². The van der Waals surface area contributed by atoms with Gasteiger partial charge in [-0.15, -0.1) is 0 Å². The van der Waals surface area contributed by atoms with Crippen molar-refractivity contribution in [2.75, 3.05) is 43.4 Å². The van der Waals surface area contributed by atoms with Gasteiger partial charge in [-0.25, -0.2) is 13.8 Å². The number of hydrogen-bond acceptors (Lipinski definition) is 9. The first-order valence-electron chi connectivity index (χ1n) is 14.9. The van der Waals surface area contributed by atoms with Crippen LogP contribution < -0.4 is 20.7 Å². The number of nitrogen functional groups attached to an aromatic ring is 1. The number of anilines is 2. The lowest BCUT2D eigenvalue weighted by molar-refractivity contribution is -0.137. The van der Waals surface area contributed by atoms with Crippen LogP contribution in [0, 0.1) is 11.6 Å². The predicted octanol–water partition coefficient (Wildman–Crippen LogP) is 5.73. The monoisotopic (exact) mass is 631 g/mol. The third-order valence-corrected chi connectivity index (χ3v) is 10.7. The highest BCUT2D eigenvalue weighted by Crippen LogP contribution is 2.46. The van der Waals surface area contributed by atoms with Gasteiger partial charge in [0.05, 0.1) is 21.3 Å². The van der Waals surface area contributed by atoms with Crippen LogP contribution in [0.5, 0.6) is 6.01 Å². The van der Waals surface area contributed by atoms with E-state index < -0.39 is 28.9 Å². The number of alkyl halides is 3. The topological polar surface area (TPSA) is 92.4 Å². The van der Waals surface area contributed by atoms with Crippen molar-refractivity contribution in [1.82, 2.24) is 25.2 Å². The Labute approximate surface area is 253 Å². The van der Waals surface area contributed by atoms with Gasteiger partial charge in [0.15, 0.2) is 10.9 Å². The summed E-state index contributed by atoms with van der Waals surface area (Å²) in [5.74, 6) is -1.68. The minimum absolute atomic E-state index is 0.0398. The number of fused-ring (bicyclic) bond motifs is 5. The van der Waals surface area contributed by atoms with Crippen LogP contribution in [0.1, 0.15) is 44.1 Å². The lowest BCUT2D eigenvalue weighted by Crippen LogP contribution is -2.51. The summed E-state index contributed by atoms with van der Waals surface area (Å²) >= 11 is 0.792. The molecular formula is C30H30F5N7OS. The molecule has 4 fully saturated rings. The molecule has 2 atom stereocenters. The molecule has 0 unspecified atom stereocenters. The fraction of sp³-hybridized carbons (Fsp3) is 0.500. The fourth-order valence-corrected chi connectivity index (χ4v) is 8.57. The third-order valence-electron chi connectivity index (χ3n) is 9.77. The normalized spacial score (nSPS) is 23.2. The van der Waals surface area contributed by atoms with E-state index in [1.54, 1.807) is 0 Å². The molecule has 4 aliphatic heterocycles. The maximum Gasteiger partial charge on any atom is 0.417 e. The molecule has 0 saturated carbocycles. The summed E-state index contributed by atoms with van der Waals surface area (Å²) in [5, 5.41) is 3.43. The van der Waals surface area contributed by atoms with E-state index in [0.717, 1.165) is 81.2 Å². The molecule has 4 aromatic rings. The first kappa shape index (κ1) is 28.1. The van der Waals surface area contributed by atoms with Crippen LogP contribution in [0.3, 0.4) is 0 Å². The molecule has 3 N–H and O–H groups in total. The molecule has 8 nitrogen and oxygen atoms in total. The highest BCUT2D eigenvalue weighted by molar-refractivity contribution is 7.22. The number of nitrogens with zero attached hydrogens (tertiary/aromatic N) is 5. The van der Waals surface area contributed by atoms with Crippen molar-refractivity contribution in [3.05, 3.63) is 35.4 Å². The van der Waals surface area contributed by atoms with E-state index >= 15 is 4.39 Å². The Hall–Kier alpha value is -3.36. The minimum atomic E-state index is -4.95. The van der Waals surface area contributed by atoms with Crippen molar-refractivity contribution in [2.45, 2.75) is 62.3 Å². The molecule has 0 radical (unpaired) electrons. The van der Waals surface area contributed by atoms with E-state index in [4.69, 9.17) is 10.5 Å². The number of ether oxygens (including phenoxy) is 1. The molecule has 14 heteroatoms. The molecule has 2 aromatic heterocycles. The quantitative estimate of drug-likeness (QED) is 0.270. The summed E-state index contributed by atoms with van der Waals surface area (Å²) in [7, 11) is 0. The average molecular weight is 632 g/mol. The number of benzene rings is 2. The second kappa shape index (κ2) is 10.1. The maximum absolute atomic E-state index is 16.8. The summed E-state index contributed by atoms with van der Waals surface area (Å²) in [6.07, 6.45) is 0.990. The van der Waals surface area contributed by atoms with Gasteiger partial charge in [-0.2, -0.15) is 23.1 Å². The lowest BCUT2D eigenvalue weighted by atomic mass is 9.95. The molecule has 0 amide bonds. The van der Waals surface area contributed by atoms with Crippen LogP contribution in [0.4, 0.5) is 32.9 Å². The SMILES string of the molecule is Nc1nc2c(-c3c(C(F)(F)F)cc4c(N5C[C@H]6CC[C@@H](C5)N6)nc(OCC56CCCN5CCC6)nc4c3F)ccc(F)c2s1. The summed E-state index contributed by atoms with van der Waals surface area (Å²) in [4.78, 5) is 17.5. The first-order chi connectivity index (χ1) is 21.1. The molecule has 4 saturated heterocycles. The molecule has 4 aliphatic rings. The van der Waals surface area contributed by atoms with Gasteiger partial charge >= 0.3 is 12.2 Å². The van der Waals surface area contributed by atoms with Crippen molar-refractivity contribution in [3.63, 3.8) is 0 Å². The zero-order chi connectivity index (χ0) is 30.4. The second-order valence-corrected chi connectivity index (χ2v) is 13.4. The van der Waals surface area contributed by atoms with E-state index in [1.165, 1.54) is 0 Å². The molecular weight excluding hydrogens is 601 g/mol. The number of nitrogens with one attached hydrogen (secondary N) is 1. The van der Waals surface area contributed by atoms with Gasteiger partial charge in [0.1, 0.15) is 23.8 Å². The number of hydrogen-bond donors (Lipinski definition) is 2. The minimum Gasteiger partial charge on any atom is -0.461 e. The second-order valence-electron chi connectivity index (χ2n) is 12.4. The number of piperazine rings is 1. The molecule has 232 valence electrons. The molecule has 2 aromatic carbocycles. The van der Waals surface area contributed by atoms with Gasteiger partial charge in [-0.1, -0.05) is 11.3 Å². The number of nitrogens with two attached hydrogens (primary N) is 1. The van der Waals surface area contributed by atoms with Crippen molar-refractivity contribution in [2.24, 2.45) is 0 Å². The molecule has 0 spiro atoms. The predicted molar refractivity (Wildman–Crippen MR) is 158 cm³/mol. The van der Waals surface area contributed by atoms with Crippen LogP contribution in [-0.4, -0.2) is 70.3 Å². The summed E-state index contributed by atoms with van der Waals surface area (Å²) in [5.41, 5.74) is 3.06. The summed E-state index contributed by atoms with van der Waals surface area (Å²) in [6, 6.07) is 3.26. The Bertz CT molecular complexity index is 1770. The largest absolute Gasteiger partial charge is 0.461 e. The summed E-state index contributed by atoms with van der Waals surface area (Å²) < 4.78 is 81.8. The molecule has 0 aliphatic carbocycles. The number of aromatic nitrogens is 3. The van der Waals surface area contributed by atoms with Crippen LogP contribution >= 0.6 is 11.3 Å². The smallest absolute Gasteiger partial charge is 0.417 e. The van der Waals surface area contributed by atoms with Crippen molar-refractivity contribution >= 4 is 43.4 Å². The average Bonchev–Trinajstić information content (AvgIpc) is 3.75. The Morgan fingerprint density at radius 1 is 1.02 bits per heavy atom. The van der Waals surface area contributed by atoms with E-state index in [2.05, 4.69) is 25.2 Å². The fourth-order valence-electron chi connectivity index (χ4n) is 7.81. The van der Waals surface area contributed by atoms with Crippen LogP contribution in [0.2, 0.25) is 0 Å². The van der Waals surface area contributed by atoms with Gasteiger partial charge in [0, 0.05) is 41.7 Å². The van der Waals surface area contributed by atoms with Crippen LogP contribution in [0.25, 0.3) is 32.2 Å². The van der Waals surface area contributed by atoms with Gasteiger partial charge in [-0.05, 0) is 69.8 Å². The number of rotatable bonds is 5. The van der Waals surface area contributed by atoms with E-state index in [0.29, 0.717) is 19.7 Å². The summed E-state index contributed by atoms with van der Waals surface area (Å²) in [6.45, 7) is 3.32. The van der Waals surface area contributed by atoms with Crippen molar-refractivity contribution in [1.29, 1.82) is 0 Å². The zero-order valence-corrected chi connectivity index (χ0v) is 24.5. The first-order valence-corrected chi connectivity index (χ1v) is 15.8. The number of thiazole rings is 1. The number of halogens is 5. The van der Waals surface area contributed by atoms with Crippen molar-refractivity contribution < 1.29 is 26.7 Å². The Morgan fingerprint density at radius 3 is 2.45 bits per heavy atom. The molecule has 2 bridgehead atoms. The Balaban J connectivity index is 1.33.